The third-order valence-corrected chi connectivity index (χ3v) is 3.71. The zero-order valence-corrected chi connectivity index (χ0v) is 16.1. The predicted molar refractivity (Wildman–Crippen MR) is 98.8 cm³/mol. The van der Waals surface area contributed by atoms with Gasteiger partial charge in [-0.2, -0.15) is 5.26 Å². The Labute approximate surface area is 164 Å². The molecule has 28 heavy (non-hydrogen) atoms. The molecule has 1 aliphatic rings. The van der Waals surface area contributed by atoms with Gasteiger partial charge in [0.25, 0.3) is 0 Å². The van der Waals surface area contributed by atoms with E-state index < -0.39 is 6.10 Å². The van der Waals surface area contributed by atoms with Gasteiger partial charge in [0.05, 0.1) is 25.9 Å². The molecule has 2 aromatic rings. The summed E-state index contributed by atoms with van der Waals surface area (Å²) in [5.74, 6) is 1.42. The molecule has 3 rings (SSSR count). The first-order chi connectivity index (χ1) is 13.6. The van der Waals surface area contributed by atoms with Gasteiger partial charge < -0.3 is 19.3 Å². The van der Waals surface area contributed by atoms with E-state index in [1.165, 1.54) is 0 Å². The summed E-state index contributed by atoms with van der Waals surface area (Å²) in [6, 6.07) is 2.01. The number of nitriles is 1. The molecule has 0 aromatic carbocycles. The number of ether oxygens (including phenoxy) is 3. The van der Waals surface area contributed by atoms with E-state index in [1.807, 2.05) is 13.0 Å². The van der Waals surface area contributed by atoms with Gasteiger partial charge in [0.15, 0.2) is 12.4 Å². The maximum atomic E-state index is 8.86. The van der Waals surface area contributed by atoms with Crippen molar-refractivity contribution < 1.29 is 19.3 Å². The normalized spacial score (nSPS) is 15.2. The van der Waals surface area contributed by atoms with Crippen molar-refractivity contribution in [3.63, 3.8) is 0 Å². The smallest absolute Gasteiger partial charge is 0.186 e. The Balaban J connectivity index is 0.000000202. The maximum Gasteiger partial charge on any atom is 0.186 e. The van der Waals surface area contributed by atoms with Crippen molar-refractivity contribution in [2.75, 3.05) is 26.4 Å². The Morgan fingerprint density at radius 3 is 2.21 bits per heavy atom. The van der Waals surface area contributed by atoms with Crippen LogP contribution in [-0.2, 0) is 14.2 Å². The Morgan fingerprint density at radius 2 is 1.68 bits per heavy atom. The van der Waals surface area contributed by atoms with Gasteiger partial charge in [-0.05, 0) is 26.7 Å². The van der Waals surface area contributed by atoms with Crippen molar-refractivity contribution in [1.82, 2.24) is 19.9 Å². The highest BCUT2D eigenvalue weighted by molar-refractivity contribution is 5.15. The zero-order chi connectivity index (χ0) is 20.2. The van der Waals surface area contributed by atoms with Crippen molar-refractivity contribution in [2.24, 2.45) is 0 Å². The maximum absolute atomic E-state index is 8.86. The minimum atomic E-state index is -0.655. The van der Waals surface area contributed by atoms with E-state index >= 15 is 0 Å². The molecule has 1 fully saturated rings. The van der Waals surface area contributed by atoms with E-state index in [4.69, 9.17) is 24.6 Å². The van der Waals surface area contributed by atoms with E-state index in [0.717, 1.165) is 31.0 Å². The fourth-order valence-electron chi connectivity index (χ4n) is 2.22. The third-order valence-electron chi connectivity index (χ3n) is 3.71. The Bertz CT molecular complexity index is 727. The molecule has 0 bridgehead atoms. The van der Waals surface area contributed by atoms with Gasteiger partial charge in [-0.1, -0.05) is 0 Å². The highest BCUT2D eigenvalue weighted by atomic mass is 16.7. The van der Waals surface area contributed by atoms with Crippen LogP contribution in [0.1, 0.15) is 48.0 Å². The molecule has 1 atom stereocenters. The first kappa shape index (κ1) is 21.8. The summed E-state index contributed by atoms with van der Waals surface area (Å²) in [5, 5.41) is 17.4. The second-order valence-corrected chi connectivity index (χ2v) is 6.01. The molecule has 1 unspecified atom stereocenters. The topological polar surface area (TPSA) is 123 Å². The highest BCUT2D eigenvalue weighted by Gasteiger charge is 2.16. The predicted octanol–water partition coefficient (Wildman–Crippen LogP) is 1.97. The van der Waals surface area contributed by atoms with Gasteiger partial charge in [0.2, 0.25) is 0 Å². The minimum absolute atomic E-state index is 0.0581. The van der Waals surface area contributed by atoms with Crippen molar-refractivity contribution in [2.45, 2.75) is 39.1 Å². The highest BCUT2D eigenvalue weighted by Crippen LogP contribution is 2.21. The number of aliphatic hydroxyl groups is 1. The van der Waals surface area contributed by atoms with Crippen LogP contribution in [0.2, 0.25) is 0 Å². The van der Waals surface area contributed by atoms with Crippen molar-refractivity contribution >= 4 is 0 Å². The summed E-state index contributed by atoms with van der Waals surface area (Å²) < 4.78 is 16.1. The molecular formula is C19H25N5O4. The molecule has 3 heterocycles. The van der Waals surface area contributed by atoms with Gasteiger partial charge in [-0.15, -0.1) is 0 Å². The fraction of sp³-hybridized carbons (Fsp3) is 0.526. The monoisotopic (exact) mass is 387 g/mol. The summed E-state index contributed by atoms with van der Waals surface area (Å²) in [6.07, 6.45) is 7.21. The zero-order valence-electron chi connectivity index (χ0n) is 16.1. The van der Waals surface area contributed by atoms with Crippen LogP contribution in [0.3, 0.4) is 0 Å². The Morgan fingerprint density at radius 1 is 1.11 bits per heavy atom. The largest absolute Gasteiger partial charge is 0.396 e. The minimum Gasteiger partial charge on any atom is -0.396 e. The average molecular weight is 387 g/mol. The van der Waals surface area contributed by atoms with Gasteiger partial charge in [-0.3, -0.25) is 0 Å². The Hall–Kier alpha value is -2.51. The van der Waals surface area contributed by atoms with Crippen LogP contribution in [0.15, 0.2) is 24.8 Å². The molecule has 150 valence electrons. The van der Waals surface area contributed by atoms with Gasteiger partial charge >= 0.3 is 0 Å². The molecular weight excluding hydrogens is 362 g/mol. The third kappa shape index (κ3) is 7.25. The lowest BCUT2D eigenvalue weighted by Gasteiger charge is -2.22. The summed E-state index contributed by atoms with van der Waals surface area (Å²) in [5.41, 5.74) is 1.53. The van der Waals surface area contributed by atoms with Crippen molar-refractivity contribution in [3.8, 4) is 6.07 Å². The summed E-state index contributed by atoms with van der Waals surface area (Å²) in [4.78, 5) is 16.1. The first-order valence-electron chi connectivity index (χ1n) is 9.06. The summed E-state index contributed by atoms with van der Waals surface area (Å²) in [6.45, 7) is 5.53. The van der Waals surface area contributed by atoms with Gasteiger partial charge in [0.1, 0.15) is 11.6 Å². The first-order valence-corrected chi connectivity index (χ1v) is 9.06. The van der Waals surface area contributed by atoms with E-state index in [9.17, 15) is 0 Å². The quantitative estimate of drug-likeness (QED) is 0.741. The van der Waals surface area contributed by atoms with Crippen LogP contribution in [0.25, 0.3) is 0 Å². The lowest BCUT2D eigenvalue weighted by molar-refractivity contribution is -0.183. The molecule has 0 spiro atoms. The second-order valence-electron chi connectivity index (χ2n) is 6.01. The molecule has 0 saturated carbocycles. The number of hydrogen-bond acceptors (Lipinski definition) is 9. The number of aryl methyl sites for hydroxylation is 2. The molecule has 9 heteroatoms. The lowest BCUT2D eigenvalue weighted by atomic mass is 10.2. The van der Waals surface area contributed by atoms with Crippen LogP contribution in [0.4, 0.5) is 0 Å². The van der Waals surface area contributed by atoms with E-state index in [1.54, 1.807) is 31.7 Å². The molecule has 0 amide bonds. The number of hydrogen-bond donors (Lipinski definition) is 1. The fourth-order valence-corrected chi connectivity index (χ4v) is 2.22. The summed E-state index contributed by atoms with van der Waals surface area (Å²) >= 11 is 0. The molecule has 1 N–H and O–H groups in total. The van der Waals surface area contributed by atoms with Crippen LogP contribution in [-0.4, -0.2) is 51.5 Å². The second kappa shape index (κ2) is 12.0. The molecule has 0 aliphatic carbocycles. The number of aliphatic hydroxyl groups excluding tert-OH is 1. The number of aromatic nitrogens is 4. The van der Waals surface area contributed by atoms with Gasteiger partial charge in [0, 0.05) is 42.5 Å². The molecule has 1 saturated heterocycles. The molecule has 0 radical (unpaired) electrons. The van der Waals surface area contributed by atoms with E-state index in [0.29, 0.717) is 24.4 Å². The van der Waals surface area contributed by atoms with Crippen molar-refractivity contribution in [1.29, 1.82) is 5.26 Å². The number of rotatable bonds is 6. The van der Waals surface area contributed by atoms with Crippen LogP contribution >= 0.6 is 0 Å². The standard InChI is InChI=1S/C10H13N3O2.C9H12N2O2/c1-8-12-6-9(7-13-8)10(5-11)15-4-2-3-14;1-7-10-5-8(6-11-7)9-12-3-2-4-13-9/h6-7,10,14H,2-4H2,1H3;5-6,9H,2-4H2,1H3. The van der Waals surface area contributed by atoms with Crippen LogP contribution < -0.4 is 0 Å². The lowest BCUT2D eigenvalue weighted by Crippen LogP contribution is -2.18. The van der Waals surface area contributed by atoms with E-state index in [-0.39, 0.29) is 12.9 Å². The van der Waals surface area contributed by atoms with Crippen LogP contribution in [0.5, 0.6) is 0 Å². The van der Waals surface area contributed by atoms with Crippen molar-refractivity contribution in [3.05, 3.63) is 47.6 Å². The molecule has 2 aromatic heterocycles. The van der Waals surface area contributed by atoms with E-state index in [2.05, 4.69) is 19.9 Å². The van der Waals surface area contributed by atoms with Crippen LogP contribution in [0, 0.1) is 25.2 Å². The number of nitrogens with zero attached hydrogens (tertiary/aromatic N) is 5. The molecule has 9 nitrogen and oxygen atoms in total. The molecule has 1 aliphatic heterocycles. The Kier molecular flexibility index (Phi) is 9.37. The SMILES string of the molecule is Cc1ncc(C(C#N)OCCCO)cn1.Cc1ncc(C2OCCCO2)cn1. The average Bonchev–Trinajstić information content (AvgIpc) is 2.74. The summed E-state index contributed by atoms with van der Waals surface area (Å²) in [7, 11) is 0. The van der Waals surface area contributed by atoms with Gasteiger partial charge in [-0.25, -0.2) is 19.9 Å².